The van der Waals surface area contributed by atoms with Gasteiger partial charge in [0.15, 0.2) is 5.13 Å². The Labute approximate surface area is 132 Å². The van der Waals surface area contributed by atoms with Crippen LogP contribution in [0.25, 0.3) is 0 Å². The van der Waals surface area contributed by atoms with Crippen LogP contribution in [0.1, 0.15) is 36.2 Å². The van der Waals surface area contributed by atoms with Crippen molar-refractivity contribution in [3.63, 3.8) is 0 Å². The lowest BCUT2D eigenvalue weighted by Crippen LogP contribution is -2.37. The largest absolute Gasteiger partial charge is 0.377 e. The van der Waals surface area contributed by atoms with Crippen LogP contribution in [-0.4, -0.2) is 34.0 Å². The summed E-state index contributed by atoms with van der Waals surface area (Å²) < 4.78 is 7.18. The van der Waals surface area contributed by atoms with Gasteiger partial charge in [0, 0.05) is 17.4 Å². The van der Waals surface area contributed by atoms with Crippen molar-refractivity contribution in [1.29, 1.82) is 0 Å². The molecule has 1 aliphatic carbocycles. The molecule has 0 bridgehead atoms. The van der Waals surface area contributed by atoms with Gasteiger partial charge in [-0.3, -0.25) is 4.79 Å². The summed E-state index contributed by atoms with van der Waals surface area (Å²) in [4.78, 5) is 16.6. The first-order valence-corrected chi connectivity index (χ1v) is 8.45. The van der Waals surface area contributed by atoms with Crippen molar-refractivity contribution >= 4 is 16.5 Å². The second-order valence-electron chi connectivity index (χ2n) is 5.96. The first-order valence-electron chi connectivity index (χ1n) is 7.57. The number of nitrogens with zero attached hydrogens (tertiary/aromatic N) is 3. The van der Waals surface area contributed by atoms with Gasteiger partial charge in [-0.15, -0.1) is 11.3 Å². The number of aromatic nitrogens is 3. The summed E-state index contributed by atoms with van der Waals surface area (Å²) in [5.41, 5.74) is 1.95. The van der Waals surface area contributed by atoms with Crippen LogP contribution in [0.4, 0.5) is 5.13 Å². The van der Waals surface area contributed by atoms with E-state index in [1.54, 1.807) is 22.1 Å². The summed E-state index contributed by atoms with van der Waals surface area (Å²) in [5, 5.41) is 10.8. The fraction of sp³-hybridized carbons (Fsp3) is 0.533. The minimum Gasteiger partial charge on any atom is -0.377 e. The highest BCUT2D eigenvalue weighted by atomic mass is 32.1. The third kappa shape index (κ3) is 2.66. The van der Waals surface area contributed by atoms with E-state index in [-0.39, 0.29) is 17.6 Å². The maximum absolute atomic E-state index is 12.2. The summed E-state index contributed by atoms with van der Waals surface area (Å²) >= 11 is 1.57. The molecule has 2 unspecified atom stereocenters. The second kappa shape index (κ2) is 5.48. The molecule has 2 atom stereocenters. The maximum Gasteiger partial charge on any atom is 0.267 e. The van der Waals surface area contributed by atoms with Crippen molar-refractivity contribution in [1.82, 2.24) is 14.8 Å². The molecule has 2 aromatic rings. The fourth-order valence-corrected chi connectivity index (χ4v) is 3.53. The molecule has 116 valence electrons. The van der Waals surface area contributed by atoms with Gasteiger partial charge < -0.3 is 10.1 Å². The summed E-state index contributed by atoms with van der Waals surface area (Å²) in [7, 11) is 0. The van der Waals surface area contributed by atoms with Crippen LogP contribution in [0.3, 0.4) is 0 Å². The lowest BCUT2D eigenvalue weighted by molar-refractivity contribution is 0.182. The summed E-state index contributed by atoms with van der Waals surface area (Å²) in [5.74, 6) is 0.530. The molecule has 1 saturated carbocycles. The molecule has 0 amide bonds. The molecule has 0 aromatic carbocycles. The Bertz CT molecular complexity index is 737. The van der Waals surface area contributed by atoms with E-state index in [1.807, 2.05) is 18.4 Å². The van der Waals surface area contributed by atoms with Crippen molar-refractivity contribution < 1.29 is 4.74 Å². The van der Waals surface area contributed by atoms with Crippen molar-refractivity contribution in [3.05, 3.63) is 39.3 Å². The van der Waals surface area contributed by atoms with Gasteiger partial charge in [-0.1, -0.05) is 0 Å². The smallest absolute Gasteiger partial charge is 0.267 e. The number of rotatable bonds is 4. The molecule has 2 aromatic heterocycles. The first-order chi connectivity index (χ1) is 10.7. The Morgan fingerprint density at radius 2 is 2.23 bits per heavy atom. The SMILES string of the molecule is Cc1csc(NC2COCC2n2nc(C3CC3)ccc2=O)n1. The molecule has 1 N–H and O–H groups in total. The third-order valence-electron chi connectivity index (χ3n) is 4.13. The van der Waals surface area contributed by atoms with Gasteiger partial charge in [-0.05, 0) is 25.8 Å². The molecule has 1 aliphatic heterocycles. The standard InChI is InChI=1S/C15H18N4O2S/c1-9-8-22-15(16-9)17-12-6-21-7-13(12)19-14(20)5-4-11(18-19)10-2-3-10/h4-5,8,10,12-13H,2-3,6-7H2,1H3,(H,16,17). The highest BCUT2D eigenvalue weighted by molar-refractivity contribution is 7.13. The predicted molar refractivity (Wildman–Crippen MR) is 84.6 cm³/mol. The second-order valence-corrected chi connectivity index (χ2v) is 6.82. The van der Waals surface area contributed by atoms with E-state index < -0.39 is 0 Å². The number of nitrogens with one attached hydrogen (secondary N) is 1. The van der Waals surface area contributed by atoms with Crippen LogP contribution in [0.2, 0.25) is 0 Å². The molecular formula is C15H18N4O2S. The molecule has 7 heteroatoms. The average molecular weight is 318 g/mol. The van der Waals surface area contributed by atoms with Crippen molar-refractivity contribution in [2.75, 3.05) is 18.5 Å². The van der Waals surface area contributed by atoms with Crippen LogP contribution in [0.15, 0.2) is 22.3 Å². The molecule has 4 rings (SSSR count). The minimum absolute atomic E-state index is 0.0187. The van der Waals surface area contributed by atoms with E-state index in [0.717, 1.165) is 16.5 Å². The third-order valence-corrected chi connectivity index (χ3v) is 5.03. The van der Waals surface area contributed by atoms with Gasteiger partial charge in [0.05, 0.1) is 30.6 Å². The molecular weight excluding hydrogens is 300 g/mol. The van der Waals surface area contributed by atoms with E-state index in [4.69, 9.17) is 4.74 Å². The molecule has 22 heavy (non-hydrogen) atoms. The number of anilines is 1. The number of hydrogen-bond donors (Lipinski definition) is 1. The Kier molecular flexibility index (Phi) is 3.46. The van der Waals surface area contributed by atoms with Gasteiger partial charge >= 0.3 is 0 Å². The normalized spacial score (nSPS) is 24.6. The highest BCUT2D eigenvalue weighted by Crippen LogP contribution is 2.38. The summed E-state index contributed by atoms with van der Waals surface area (Å²) in [6.45, 7) is 3.03. The Balaban J connectivity index is 1.60. The maximum atomic E-state index is 12.2. The van der Waals surface area contributed by atoms with E-state index >= 15 is 0 Å². The molecule has 2 aliphatic rings. The van der Waals surface area contributed by atoms with Gasteiger partial charge in [0.25, 0.3) is 5.56 Å². The Hall–Kier alpha value is -1.73. The van der Waals surface area contributed by atoms with Crippen LogP contribution in [-0.2, 0) is 4.74 Å². The zero-order valence-electron chi connectivity index (χ0n) is 12.4. The van der Waals surface area contributed by atoms with Gasteiger partial charge in [0.2, 0.25) is 0 Å². The Morgan fingerprint density at radius 3 is 2.95 bits per heavy atom. The van der Waals surface area contributed by atoms with E-state index in [2.05, 4.69) is 15.4 Å². The number of hydrogen-bond acceptors (Lipinski definition) is 6. The fourth-order valence-electron chi connectivity index (χ4n) is 2.78. The quantitative estimate of drug-likeness (QED) is 0.933. The average Bonchev–Trinajstić information content (AvgIpc) is 3.13. The Morgan fingerprint density at radius 1 is 1.36 bits per heavy atom. The van der Waals surface area contributed by atoms with E-state index in [9.17, 15) is 4.79 Å². The van der Waals surface area contributed by atoms with Gasteiger partial charge in [-0.2, -0.15) is 5.10 Å². The van der Waals surface area contributed by atoms with Crippen LogP contribution in [0.5, 0.6) is 0 Å². The minimum atomic E-state index is -0.0876. The molecule has 3 heterocycles. The lowest BCUT2D eigenvalue weighted by Gasteiger charge is -2.20. The van der Waals surface area contributed by atoms with E-state index in [0.29, 0.717) is 19.1 Å². The van der Waals surface area contributed by atoms with Crippen molar-refractivity contribution in [2.45, 2.75) is 37.8 Å². The summed E-state index contributed by atoms with van der Waals surface area (Å²) in [6, 6.07) is 3.42. The monoisotopic (exact) mass is 318 g/mol. The zero-order valence-corrected chi connectivity index (χ0v) is 13.2. The molecule has 2 fully saturated rings. The molecule has 6 nitrogen and oxygen atoms in total. The van der Waals surface area contributed by atoms with Gasteiger partial charge in [-0.25, -0.2) is 9.67 Å². The van der Waals surface area contributed by atoms with Crippen molar-refractivity contribution in [3.8, 4) is 0 Å². The zero-order chi connectivity index (χ0) is 15.1. The van der Waals surface area contributed by atoms with Crippen LogP contribution >= 0.6 is 11.3 Å². The number of aryl methyl sites for hydroxylation is 1. The first kappa shape index (κ1) is 13.9. The number of ether oxygens (including phenoxy) is 1. The molecule has 0 radical (unpaired) electrons. The predicted octanol–water partition coefficient (Wildman–Crippen LogP) is 1.94. The van der Waals surface area contributed by atoms with Gasteiger partial charge in [0.1, 0.15) is 6.04 Å². The highest BCUT2D eigenvalue weighted by Gasteiger charge is 2.33. The summed E-state index contributed by atoms with van der Waals surface area (Å²) in [6.07, 6.45) is 2.35. The molecule has 0 spiro atoms. The van der Waals surface area contributed by atoms with Crippen LogP contribution in [0, 0.1) is 6.92 Å². The topological polar surface area (TPSA) is 69.0 Å². The molecule has 1 saturated heterocycles. The van der Waals surface area contributed by atoms with Crippen LogP contribution < -0.4 is 10.9 Å². The van der Waals surface area contributed by atoms with E-state index in [1.165, 1.54) is 12.8 Å². The lowest BCUT2D eigenvalue weighted by atomic mass is 10.2. The number of thiazole rings is 1. The van der Waals surface area contributed by atoms with Crippen molar-refractivity contribution in [2.24, 2.45) is 0 Å².